The molecule has 2 N–H and O–H groups in total. The van der Waals surface area contributed by atoms with Crippen LogP contribution in [0.1, 0.15) is 28.0 Å². The van der Waals surface area contributed by atoms with Crippen molar-refractivity contribution in [3.63, 3.8) is 0 Å². The number of rotatable bonds is 2. The lowest BCUT2D eigenvalue weighted by Crippen LogP contribution is -2.18. The van der Waals surface area contributed by atoms with Gasteiger partial charge in [0.2, 0.25) is 0 Å². The molecular formula is C8H4F2N2O3. The van der Waals surface area contributed by atoms with Crippen molar-refractivity contribution >= 4 is 5.97 Å². The van der Waals surface area contributed by atoms with E-state index in [4.69, 9.17) is 10.4 Å². The largest absolute Gasteiger partial charge is 0.477 e. The molecule has 1 heterocycles. The molecule has 15 heavy (non-hydrogen) atoms. The maximum absolute atomic E-state index is 12.3. The van der Waals surface area contributed by atoms with E-state index in [2.05, 4.69) is 0 Å². The normalized spacial score (nSPS) is 10.0. The maximum Gasteiger partial charge on any atom is 0.352 e. The summed E-state index contributed by atoms with van der Waals surface area (Å²) in [7, 11) is 0. The molecular weight excluding hydrogens is 210 g/mol. The van der Waals surface area contributed by atoms with E-state index in [1.165, 1.54) is 6.07 Å². The van der Waals surface area contributed by atoms with Crippen LogP contribution in [0.25, 0.3) is 0 Å². The Morgan fingerprint density at radius 2 is 2.20 bits per heavy atom. The number of aromatic amines is 1. The van der Waals surface area contributed by atoms with Crippen LogP contribution in [0, 0.1) is 11.3 Å². The van der Waals surface area contributed by atoms with Gasteiger partial charge in [0.15, 0.2) is 0 Å². The molecule has 0 saturated carbocycles. The SMILES string of the molecule is N#Cc1cc(C(F)F)c(C(=O)O)[nH]c1=O. The van der Waals surface area contributed by atoms with E-state index in [0.717, 1.165) is 0 Å². The van der Waals surface area contributed by atoms with Gasteiger partial charge in [0.25, 0.3) is 12.0 Å². The van der Waals surface area contributed by atoms with Gasteiger partial charge >= 0.3 is 5.97 Å². The van der Waals surface area contributed by atoms with Gasteiger partial charge in [0.05, 0.1) is 5.56 Å². The van der Waals surface area contributed by atoms with Crippen molar-refractivity contribution < 1.29 is 18.7 Å². The van der Waals surface area contributed by atoms with Crippen LogP contribution in [0.2, 0.25) is 0 Å². The number of aromatic carboxylic acids is 1. The quantitative estimate of drug-likeness (QED) is 0.764. The molecule has 78 valence electrons. The fourth-order valence-corrected chi connectivity index (χ4v) is 0.978. The average molecular weight is 214 g/mol. The van der Waals surface area contributed by atoms with Crippen molar-refractivity contribution in [3.05, 3.63) is 33.2 Å². The number of carboxylic acids is 1. The van der Waals surface area contributed by atoms with Gasteiger partial charge in [0, 0.05) is 0 Å². The van der Waals surface area contributed by atoms with Gasteiger partial charge in [0.1, 0.15) is 17.3 Å². The number of alkyl halides is 2. The van der Waals surface area contributed by atoms with E-state index >= 15 is 0 Å². The van der Waals surface area contributed by atoms with Crippen molar-refractivity contribution in [3.8, 4) is 6.07 Å². The molecule has 0 radical (unpaired) electrons. The lowest BCUT2D eigenvalue weighted by molar-refractivity contribution is 0.0676. The standard InChI is InChI=1S/C8H4F2N2O3/c9-6(10)4-1-3(2-11)7(13)12-5(4)8(14)15/h1,6H,(H,12,13)(H,14,15). The van der Waals surface area contributed by atoms with Gasteiger partial charge in [-0.2, -0.15) is 5.26 Å². The smallest absolute Gasteiger partial charge is 0.352 e. The first-order valence-corrected chi connectivity index (χ1v) is 3.66. The van der Waals surface area contributed by atoms with Crippen LogP contribution in [0.15, 0.2) is 10.9 Å². The second kappa shape index (κ2) is 3.88. The fraction of sp³-hybridized carbons (Fsp3) is 0.125. The number of nitrogens with zero attached hydrogens (tertiary/aromatic N) is 1. The lowest BCUT2D eigenvalue weighted by atomic mass is 10.1. The average Bonchev–Trinajstić information content (AvgIpc) is 2.16. The van der Waals surface area contributed by atoms with Crippen molar-refractivity contribution in [1.82, 2.24) is 4.98 Å². The highest BCUT2D eigenvalue weighted by atomic mass is 19.3. The summed E-state index contributed by atoms with van der Waals surface area (Å²) in [5, 5.41) is 16.9. The first kappa shape index (κ1) is 10.8. The molecule has 5 nitrogen and oxygen atoms in total. The molecule has 0 aromatic carbocycles. The Kier molecular flexibility index (Phi) is 2.80. The summed E-state index contributed by atoms with van der Waals surface area (Å²) in [6.07, 6.45) is -3.07. The van der Waals surface area contributed by atoms with Crippen LogP contribution >= 0.6 is 0 Å². The van der Waals surface area contributed by atoms with E-state index in [-0.39, 0.29) is 0 Å². The van der Waals surface area contributed by atoms with E-state index in [1.807, 2.05) is 0 Å². The van der Waals surface area contributed by atoms with E-state index in [1.54, 1.807) is 4.98 Å². The molecule has 0 atom stereocenters. The summed E-state index contributed by atoms with van der Waals surface area (Å²) in [5.41, 5.74) is -3.32. The van der Waals surface area contributed by atoms with Crippen LogP contribution in [0.3, 0.4) is 0 Å². The summed E-state index contributed by atoms with van der Waals surface area (Å²) in [5.74, 6) is -1.67. The minimum atomic E-state index is -3.07. The predicted molar refractivity (Wildman–Crippen MR) is 43.7 cm³/mol. The molecule has 7 heteroatoms. The zero-order chi connectivity index (χ0) is 11.6. The number of halogens is 2. The molecule has 0 spiro atoms. The van der Waals surface area contributed by atoms with Gasteiger partial charge < -0.3 is 10.1 Å². The number of pyridine rings is 1. The Hall–Kier alpha value is -2.23. The summed E-state index contributed by atoms with van der Waals surface area (Å²) in [6.45, 7) is 0. The first-order valence-electron chi connectivity index (χ1n) is 3.66. The number of hydrogen-bond donors (Lipinski definition) is 2. The molecule has 1 aromatic heterocycles. The lowest BCUT2D eigenvalue weighted by Gasteiger charge is -2.04. The number of carboxylic acid groups (broad SMARTS) is 1. The van der Waals surface area contributed by atoms with Crippen LogP contribution < -0.4 is 5.56 Å². The van der Waals surface area contributed by atoms with Crippen molar-refractivity contribution in [1.29, 1.82) is 5.26 Å². The van der Waals surface area contributed by atoms with Gasteiger partial charge in [-0.1, -0.05) is 0 Å². The van der Waals surface area contributed by atoms with Crippen LogP contribution in [-0.2, 0) is 0 Å². The first-order chi connectivity index (χ1) is 6.97. The minimum Gasteiger partial charge on any atom is -0.477 e. The third kappa shape index (κ3) is 1.99. The monoisotopic (exact) mass is 214 g/mol. The molecule has 0 aliphatic rings. The summed E-state index contributed by atoms with van der Waals surface area (Å²) in [4.78, 5) is 23.2. The Labute approximate surface area is 81.6 Å². The fourth-order valence-electron chi connectivity index (χ4n) is 0.978. The summed E-state index contributed by atoms with van der Waals surface area (Å²) < 4.78 is 24.7. The molecule has 0 fully saturated rings. The molecule has 0 bridgehead atoms. The zero-order valence-corrected chi connectivity index (χ0v) is 7.12. The second-order valence-corrected chi connectivity index (χ2v) is 2.56. The summed E-state index contributed by atoms with van der Waals surface area (Å²) >= 11 is 0. The Morgan fingerprint density at radius 3 is 2.60 bits per heavy atom. The molecule has 0 amide bonds. The highest BCUT2D eigenvalue weighted by molar-refractivity contribution is 5.87. The number of carbonyl (C=O) groups is 1. The summed E-state index contributed by atoms with van der Waals surface area (Å²) in [6, 6.07) is 1.96. The van der Waals surface area contributed by atoms with Crippen molar-refractivity contribution in [2.75, 3.05) is 0 Å². The maximum atomic E-state index is 12.3. The van der Waals surface area contributed by atoms with Crippen LogP contribution in [0.4, 0.5) is 8.78 Å². The zero-order valence-electron chi connectivity index (χ0n) is 7.12. The number of nitrogens with one attached hydrogen (secondary N) is 1. The second-order valence-electron chi connectivity index (χ2n) is 2.56. The molecule has 0 aliphatic heterocycles. The number of hydrogen-bond acceptors (Lipinski definition) is 3. The Bertz CT molecular complexity index is 502. The predicted octanol–water partition coefficient (Wildman–Crippen LogP) is 0.882. The van der Waals surface area contributed by atoms with Crippen LogP contribution in [0.5, 0.6) is 0 Å². The topological polar surface area (TPSA) is 93.9 Å². The van der Waals surface area contributed by atoms with Crippen molar-refractivity contribution in [2.45, 2.75) is 6.43 Å². The Balaban J connectivity index is 3.55. The van der Waals surface area contributed by atoms with Gasteiger partial charge in [-0.25, -0.2) is 13.6 Å². The third-order valence-corrected chi connectivity index (χ3v) is 1.64. The Morgan fingerprint density at radius 1 is 1.60 bits per heavy atom. The molecule has 1 aromatic rings. The van der Waals surface area contributed by atoms with E-state index in [0.29, 0.717) is 6.07 Å². The molecule has 0 unspecified atom stereocenters. The highest BCUT2D eigenvalue weighted by Gasteiger charge is 2.20. The molecule has 0 aliphatic carbocycles. The number of nitriles is 1. The van der Waals surface area contributed by atoms with E-state index in [9.17, 15) is 18.4 Å². The number of H-pyrrole nitrogens is 1. The van der Waals surface area contributed by atoms with Gasteiger partial charge in [-0.05, 0) is 6.07 Å². The van der Waals surface area contributed by atoms with Gasteiger partial charge in [-0.15, -0.1) is 0 Å². The van der Waals surface area contributed by atoms with Crippen LogP contribution in [-0.4, -0.2) is 16.1 Å². The van der Waals surface area contributed by atoms with E-state index < -0.39 is 34.8 Å². The number of aromatic nitrogens is 1. The van der Waals surface area contributed by atoms with Gasteiger partial charge in [-0.3, -0.25) is 4.79 Å². The molecule has 0 saturated heterocycles. The minimum absolute atomic E-state index is 0.546. The van der Waals surface area contributed by atoms with Crippen molar-refractivity contribution in [2.24, 2.45) is 0 Å². The third-order valence-electron chi connectivity index (χ3n) is 1.64. The highest BCUT2D eigenvalue weighted by Crippen LogP contribution is 2.21. The molecule has 1 rings (SSSR count).